The minimum absolute atomic E-state index is 0.102. The zero-order valence-corrected chi connectivity index (χ0v) is 35.2. The Hall–Kier alpha value is -7.24. The van der Waals surface area contributed by atoms with E-state index in [1.54, 1.807) is 0 Å². The summed E-state index contributed by atoms with van der Waals surface area (Å²) in [6, 6.07) is 55.8. The van der Waals surface area contributed by atoms with E-state index < -0.39 is 0 Å². The molecule has 0 N–H and O–H groups in total. The molecule has 8 aromatic carbocycles. The van der Waals surface area contributed by atoms with Gasteiger partial charge in [0.1, 0.15) is 11.0 Å². The molecule has 0 atom stereocenters. The van der Waals surface area contributed by atoms with Crippen LogP contribution in [-0.4, -0.2) is 18.8 Å². The van der Waals surface area contributed by atoms with Crippen molar-refractivity contribution in [1.82, 2.24) is 18.8 Å². The SMILES string of the molecule is CC(C)(C)c1cc(N(c2ccccc2)c2ccccc2)c2c(c1)c1cc(C(C)(C)C)cc3c4nc5c(nc4n2c13)c1c2ccccc2cc2c3cc4ccccc4cc3n5c21. The molecule has 0 unspecified atom stereocenters. The lowest BCUT2D eigenvalue weighted by atomic mass is 9.84. The third-order valence-corrected chi connectivity index (χ3v) is 13.4. The van der Waals surface area contributed by atoms with Gasteiger partial charge in [0.05, 0.1) is 27.8 Å². The number of rotatable bonds is 3. The van der Waals surface area contributed by atoms with Crippen molar-refractivity contribution < 1.29 is 0 Å². The normalized spacial score (nSPS) is 13.1. The van der Waals surface area contributed by atoms with Gasteiger partial charge in [-0.05, 0) is 110 Å². The Morgan fingerprint density at radius 2 is 0.918 bits per heavy atom. The maximum absolute atomic E-state index is 5.90. The van der Waals surface area contributed by atoms with Crippen molar-refractivity contribution in [2.24, 2.45) is 0 Å². The lowest BCUT2D eigenvalue weighted by molar-refractivity contribution is 0.591. The smallest absolute Gasteiger partial charge is 0.165 e. The fourth-order valence-corrected chi connectivity index (χ4v) is 10.3. The number of hydrogen-bond acceptors (Lipinski definition) is 3. The summed E-state index contributed by atoms with van der Waals surface area (Å²) in [6.07, 6.45) is 0. The van der Waals surface area contributed by atoms with Gasteiger partial charge in [0.2, 0.25) is 0 Å². The molecule has 61 heavy (non-hydrogen) atoms. The average Bonchev–Trinajstić information content (AvgIpc) is 3.97. The number of aromatic nitrogens is 4. The van der Waals surface area contributed by atoms with E-state index in [1.807, 2.05) is 0 Å². The fourth-order valence-electron chi connectivity index (χ4n) is 10.3. The molecule has 5 aromatic heterocycles. The summed E-state index contributed by atoms with van der Waals surface area (Å²) in [5.74, 6) is 0. The van der Waals surface area contributed by atoms with Crippen LogP contribution in [0, 0.1) is 0 Å². The Bertz CT molecular complexity index is 3900. The maximum atomic E-state index is 5.90. The standard InChI is InChI=1S/C56H43N5/c1-55(2,3)35-28-42-43-29-36(56(4,5)6)31-46(59(37-20-9-7-10-21-37)38-22-11-8-12-23-38)51(43)61-50(42)44(30-35)48-53(61)58-49-47-39-24-16-15-19-34(39)26-41-40-25-32-17-13-14-18-33(32)27-45(40)60(52(41)47)54(49)57-48/h7-31H,1-6H3. The average molecular weight is 786 g/mol. The second kappa shape index (κ2) is 11.7. The molecule has 0 bridgehead atoms. The van der Waals surface area contributed by atoms with Gasteiger partial charge in [0.25, 0.3) is 0 Å². The molecule has 0 aliphatic carbocycles. The Balaban J connectivity index is 1.28. The van der Waals surface area contributed by atoms with E-state index in [1.165, 1.54) is 65.3 Å². The van der Waals surface area contributed by atoms with Crippen molar-refractivity contribution >= 4 is 115 Å². The van der Waals surface area contributed by atoms with E-state index in [2.05, 4.69) is 207 Å². The first-order valence-electron chi connectivity index (χ1n) is 21.4. The third-order valence-electron chi connectivity index (χ3n) is 13.4. The highest BCUT2D eigenvalue weighted by Crippen LogP contribution is 2.50. The van der Waals surface area contributed by atoms with E-state index in [9.17, 15) is 0 Å². The first kappa shape index (κ1) is 34.6. The molecule has 0 fully saturated rings. The zero-order valence-electron chi connectivity index (χ0n) is 35.2. The highest BCUT2D eigenvalue weighted by atomic mass is 15.2. The number of para-hydroxylation sites is 2. The summed E-state index contributed by atoms with van der Waals surface area (Å²) in [6.45, 7) is 13.9. The molecule has 0 spiro atoms. The summed E-state index contributed by atoms with van der Waals surface area (Å²) in [5.41, 5.74) is 14.0. The van der Waals surface area contributed by atoms with Gasteiger partial charge in [-0.2, -0.15) is 0 Å². The van der Waals surface area contributed by atoms with Gasteiger partial charge in [0, 0.05) is 43.7 Å². The molecule has 0 amide bonds. The molecule has 13 rings (SSSR count). The summed E-state index contributed by atoms with van der Waals surface area (Å²) in [4.78, 5) is 14.2. The van der Waals surface area contributed by atoms with E-state index in [0.717, 1.165) is 61.2 Å². The van der Waals surface area contributed by atoms with Crippen LogP contribution in [-0.2, 0) is 10.8 Å². The van der Waals surface area contributed by atoms with Crippen LogP contribution in [0.25, 0.3) is 98.3 Å². The number of benzene rings is 8. The van der Waals surface area contributed by atoms with Gasteiger partial charge in [-0.3, -0.25) is 8.80 Å². The second-order valence-corrected chi connectivity index (χ2v) is 19.1. The van der Waals surface area contributed by atoms with E-state index in [4.69, 9.17) is 9.97 Å². The summed E-state index contributed by atoms with van der Waals surface area (Å²) in [5, 5.41) is 12.1. The third kappa shape index (κ3) is 4.66. The van der Waals surface area contributed by atoms with Crippen LogP contribution in [0.4, 0.5) is 17.1 Å². The molecule has 0 saturated heterocycles. The van der Waals surface area contributed by atoms with Crippen molar-refractivity contribution in [2.45, 2.75) is 52.4 Å². The first-order valence-corrected chi connectivity index (χ1v) is 21.4. The molecule has 0 aliphatic rings. The van der Waals surface area contributed by atoms with Crippen LogP contribution < -0.4 is 4.90 Å². The Morgan fingerprint density at radius 1 is 0.410 bits per heavy atom. The topological polar surface area (TPSA) is 37.8 Å². The summed E-state index contributed by atoms with van der Waals surface area (Å²) >= 11 is 0. The molecule has 0 aliphatic heterocycles. The van der Waals surface area contributed by atoms with Crippen LogP contribution in [0.1, 0.15) is 52.7 Å². The lowest BCUT2D eigenvalue weighted by Crippen LogP contribution is -2.15. The minimum atomic E-state index is -0.106. The van der Waals surface area contributed by atoms with Gasteiger partial charge in [-0.25, -0.2) is 9.97 Å². The molecule has 5 heterocycles. The van der Waals surface area contributed by atoms with Crippen LogP contribution in [0.3, 0.4) is 0 Å². The van der Waals surface area contributed by atoms with Gasteiger partial charge >= 0.3 is 0 Å². The Kier molecular flexibility index (Phi) is 6.66. The fraction of sp³-hybridized carbons (Fsp3) is 0.143. The predicted molar refractivity (Wildman–Crippen MR) is 258 cm³/mol. The van der Waals surface area contributed by atoms with Crippen molar-refractivity contribution in [3.8, 4) is 0 Å². The van der Waals surface area contributed by atoms with Crippen molar-refractivity contribution in [1.29, 1.82) is 0 Å². The Morgan fingerprint density at radius 3 is 1.59 bits per heavy atom. The molecule has 5 nitrogen and oxygen atoms in total. The lowest BCUT2D eigenvalue weighted by Gasteiger charge is -2.29. The van der Waals surface area contributed by atoms with Crippen LogP contribution in [0.15, 0.2) is 152 Å². The molecule has 0 radical (unpaired) electrons. The van der Waals surface area contributed by atoms with E-state index >= 15 is 0 Å². The van der Waals surface area contributed by atoms with Crippen molar-refractivity contribution in [2.75, 3.05) is 4.90 Å². The highest BCUT2D eigenvalue weighted by Gasteiger charge is 2.31. The maximum Gasteiger partial charge on any atom is 0.165 e. The summed E-state index contributed by atoms with van der Waals surface area (Å²) < 4.78 is 4.86. The number of nitrogens with zero attached hydrogens (tertiary/aromatic N) is 5. The Labute approximate surface area is 352 Å². The van der Waals surface area contributed by atoms with E-state index in [0.29, 0.717) is 0 Å². The number of anilines is 3. The van der Waals surface area contributed by atoms with Gasteiger partial charge < -0.3 is 4.90 Å². The van der Waals surface area contributed by atoms with Crippen molar-refractivity contribution in [3.63, 3.8) is 0 Å². The van der Waals surface area contributed by atoms with Crippen LogP contribution in [0.5, 0.6) is 0 Å². The molecule has 292 valence electrons. The molecular weight excluding hydrogens is 743 g/mol. The zero-order chi connectivity index (χ0) is 41.1. The first-order chi connectivity index (χ1) is 29.5. The molecule has 0 saturated carbocycles. The minimum Gasteiger partial charge on any atom is -0.308 e. The van der Waals surface area contributed by atoms with Gasteiger partial charge in [-0.1, -0.05) is 126 Å². The largest absolute Gasteiger partial charge is 0.308 e. The number of hydrogen-bond donors (Lipinski definition) is 0. The quantitative estimate of drug-likeness (QED) is 0.179. The van der Waals surface area contributed by atoms with Crippen molar-refractivity contribution in [3.05, 3.63) is 163 Å². The predicted octanol–water partition coefficient (Wildman–Crippen LogP) is 15.1. The second-order valence-electron chi connectivity index (χ2n) is 19.1. The molecular formula is C56H43N5. The van der Waals surface area contributed by atoms with E-state index in [-0.39, 0.29) is 10.8 Å². The van der Waals surface area contributed by atoms with Crippen LogP contribution >= 0.6 is 0 Å². The number of fused-ring (bicyclic) bond motifs is 15. The van der Waals surface area contributed by atoms with Gasteiger partial charge in [-0.15, -0.1) is 0 Å². The monoisotopic (exact) mass is 785 g/mol. The highest BCUT2D eigenvalue weighted by molar-refractivity contribution is 6.32. The van der Waals surface area contributed by atoms with Gasteiger partial charge in [0.15, 0.2) is 11.3 Å². The van der Waals surface area contributed by atoms with Crippen LogP contribution in [0.2, 0.25) is 0 Å². The molecule has 5 heteroatoms. The molecule has 13 aromatic rings. The summed E-state index contributed by atoms with van der Waals surface area (Å²) in [7, 11) is 0.